The summed E-state index contributed by atoms with van der Waals surface area (Å²) in [5.74, 6) is 1.47. The van der Waals surface area contributed by atoms with Gasteiger partial charge in [0.2, 0.25) is 0 Å². The Hall–Kier alpha value is -2.20. The van der Waals surface area contributed by atoms with Gasteiger partial charge in [0.1, 0.15) is 11.5 Å². The molecule has 118 valence electrons. The van der Waals surface area contributed by atoms with Gasteiger partial charge >= 0.3 is 0 Å². The molecular weight excluding hydrogens is 284 g/mol. The molecule has 2 N–H and O–H groups in total. The number of rotatable bonds is 2. The molecule has 1 aromatic rings. The fourth-order valence-corrected chi connectivity index (χ4v) is 3.50. The molecule has 1 fully saturated rings. The number of H-pyrrole nitrogens is 1. The minimum atomic E-state index is 0.499. The van der Waals surface area contributed by atoms with E-state index in [1.54, 1.807) is 0 Å². The van der Waals surface area contributed by atoms with Gasteiger partial charge in [-0.25, -0.2) is 9.97 Å². The van der Waals surface area contributed by atoms with Crippen molar-refractivity contribution in [3.8, 4) is 22.6 Å². The molecule has 3 aliphatic heterocycles. The van der Waals surface area contributed by atoms with E-state index >= 15 is 0 Å². The van der Waals surface area contributed by atoms with Crippen LogP contribution in [0.25, 0.3) is 22.6 Å². The Morgan fingerprint density at radius 3 is 2.78 bits per heavy atom. The van der Waals surface area contributed by atoms with Crippen LogP contribution in [0.15, 0.2) is 36.4 Å². The average Bonchev–Trinajstić information content (AvgIpc) is 2.81. The van der Waals surface area contributed by atoms with E-state index in [4.69, 9.17) is 9.97 Å². The zero-order chi connectivity index (χ0) is 15.6. The molecule has 4 nitrogen and oxygen atoms in total. The number of aromatic nitrogens is 3. The quantitative estimate of drug-likeness (QED) is 0.758. The first kappa shape index (κ1) is 14.4. The van der Waals surface area contributed by atoms with Crippen LogP contribution in [0.5, 0.6) is 0 Å². The van der Waals surface area contributed by atoms with Crippen LogP contribution in [-0.4, -0.2) is 28.0 Å². The fraction of sp³-hybridized carbons (Fsp3) is 0.368. The van der Waals surface area contributed by atoms with E-state index in [9.17, 15) is 0 Å². The first-order valence-corrected chi connectivity index (χ1v) is 8.44. The van der Waals surface area contributed by atoms with Gasteiger partial charge in [0.05, 0.1) is 17.1 Å². The van der Waals surface area contributed by atoms with E-state index in [1.807, 2.05) is 13.0 Å². The van der Waals surface area contributed by atoms with E-state index in [1.165, 1.54) is 18.5 Å². The summed E-state index contributed by atoms with van der Waals surface area (Å²) in [6, 6.07) is 12.5. The zero-order valence-corrected chi connectivity index (χ0v) is 13.5. The molecule has 3 aliphatic rings. The van der Waals surface area contributed by atoms with Gasteiger partial charge < -0.3 is 10.3 Å². The van der Waals surface area contributed by atoms with Crippen molar-refractivity contribution in [1.29, 1.82) is 0 Å². The molecule has 0 bridgehead atoms. The summed E-state index contributed by atoms with van der Waals surface area (Å²) in [6.07, 6.45) is 3.53. The molecule has 1 saturated heterocycles. The van der Waals surface area contributed by atoms with Crippen LogP contribution in [0.1, 0.15) is 36.7 Å². The Balaban J connectivity index is 1.80. The minimum absolute atomic E-state index is 0.499. The van der Waals surface area contributed by atoms with Gasteiger partial charge in [-0.1, -0.05) is 30.3 Å². The Bertz CT molecular complexity index is 755. The van der Waals surface area contributed by atoms with Gasteiger partial charge in [0, 0.05) is 11.5 Å². The number of aromatic amines is 1. The highest BCUT2D eigenvalue weighted by molar-refractivity contribution is 5.72. The molecule has 1 aromatic carbocycles. The molecule has 3 heterocycles. The van der Waals surface area contributed by atoms with Crippen LogP contribution in [0, 0.1) is 6.92 Å². The molecular formula is C19H22N4. The Kier molecular flexibility index (Phi) is 3.83. The van der Waals surface area contributed by atoms with Crippen LogP contribution >= 0.6 is 0 Å². The molecule has 0 radical (unpaired) electrons. The van der Waals surface area contributed by atoms with Crippen molar-refractivity contribution in [2.24, 2.45) is 0 Å². The van der Waals surface area contributed by atoms with Crippen LogP contribution in [0.4, 0.5) is 0 Å². The summed E-state index contributed by atoms with van der Waals surface area (Å²) in [5, 5.41) is 3.48. The lowest BCUT2D eigenvalue weighted by Crippen LogP contribution is -2.14. The Labute approximate surface area is 136 Å². The van der Waals surface area contributed by atoms with Crippen LogP contribution in [0.3, 0.4) is 0 Å². The summed E-state index contributed by atoms with van der Waals surface area (Å²) in [7, 11) is 0. The Morgan fingerprint density at radius 2 is 1.91 bits per heavy atom. The molecule has 0 amide bonds. The second-order valence-corrected chi connectivity index (χ2v) is 6.35. The number of fused-ring (bicyclic) bond motifs is 1. The SMILES string of the molecule is Cc1nc(C2CCCNCC2)c2nc(-c3ccccc3)cc-2[nH]1. The van der Waals surface area contributed by atoms with Crippen molar-refractivity contribution in [2.75, 3.05) is 13.1 Å². The normalized spacial score (nSPS) is 18.9. The van der Waals surface area contributed by atoms with E-state index < -0.39 is 0 Å². The van der Waals surface area contributed by atoms with E-state index in [0.29, 0.717) is 5.92 Å². The van der Waals surface area contributed by atoms with Gasteiger partial charge in [-0.2, -0.15) is 0 Å². The molecule has 4 heteroatoms. The van der Waals surface area contributed by atoms with E-state index in [0.717, 1.165) is 48.0 Å². The highest BCUT2D eigenvalue weighted by Crippen LogP contribution is 2.35. The number of nitrogens with one attached hydrogen (secondary N) is 2. The van der Waals surface area contributed by atoms with Crippen LogP contribution < -0.4 is 5.32 Å². The molecule has 4 rings (SSSR count). The molecule has 1 atom stereocenters. The lowest BCUT2D eigenvalue weighted by molar-refractivity contribution is 0.590. The monoisotopic (exact) mass is 306 g/mol. The van der Waals surface area contributed by atoms with Crippen LogP contribution in [-0.2, 0) is 0 Å². The summed E-state index contributed by atoms with van der Waals surface area (Å²) in [5.41, 5.74) is 5.49. The lowest BCUT2D eigenvalue weighted by Gasteiger charge is -2.16. The summed E-state index contributed by atoms with van der Waals surface area (Å²) in [4.78, 5) is 13.1. The van der Waals surface area contributed by atoms with Crippen molar-refractivity contribution in [3.05, 3.63) is 47.9 Å². The number of hydrogen-bond donors (Lipinski definition) is 2. The molecule has 1 unspecified atom stereocenters. The first-order valence-electron chi connectivity index (χ1n) is 8.44. The van der Waals surface area contributed by atoms with Gasteiger partial charge in [0.25, 0.3) is 0 Å². The second-order valence-electron chi connectivity index (χ2n) is 6.35. The predicted octanol–water partition coefficient (Wildman–Crippen LogP) is 3.74. The number of hydrogen-bond acceptors (Lipinski definition) is 3. The van der Waals surface area contributed by atoms with Crippen LogP contribution in [0.2, 0.25) is 0 Å². The number of benzene rings is 1. The van der Waals surface area contributed by atoms with E-state index in [2.05, 4.69) is 40.6 Å². The first-order chi connectivity index (χ1) is 11.3. The third-order valence-corrected chi connectivity index (χ3v) is 4.65. The maximum absolute atomic E-state index is 4.92. The standard InChI is InChI=1S/C19H22N4/c1-13-21-17-12-16(14-6-3-2-4-7-14)23-19(17)18(22-13)15-8-5-10-20-11-9-15/h2-4,6-7,12,15,20H,5,8-11H2,1H3,(H,21,22). The largest absolute Gasteiger partial charge is 0.342 e. The van der Waals surface area contributed by atoms with Gasteiger partial charge in [-0.3, -0.25) is 0 Å². The third-order valence-electron chi connectivity index (χ3n) is 4.65. The van der Waals surface area contributed by atoms with Crippen molar-refractivity contribution in [2.45, 2.75) is 32.1 Å². The Morgan fingerprint density at radius 1 is 1.04 bits per heavy atom. The summed E-state index contributed by atoms with van der Waals surface area (Å²) in [6.45, 7) is 4.21. The van der Waals surface area contributed by atoms with Crippen molar-refractivity contribution < 1.29 is 0 Å². The smallest absolute Gasteiger partial charge is 0.109 e. The average molecular weight is 306 g/mol. The molecule has 0 aliphatic carbocycles. The van der Waals surface area contributed by atoms with Gasteiger partial charge in [0.15, 0.2) is 0 Å². The van der Waals surface area contributed by atoms with Crippen molar-refractivity contribution >= 4 is 0 Å². The molecule has 0 saturated carbocycles. The van der Waals surface area contributed by atoms with Gasteiger partial charge in [-0.15, -0.1) is 0 Å². The fourth-order valence-electron chi connectivity index (χ4n) is 3.50. The van der Waals surface area contributed by atoms with Crippen molar-refractivity contribution in [1.82, 2.24) is 20.3 Å². The molecule has 23 heavy (non-hydrogen) atoms. The van der Waals surface area contributed by atoms with Crippen molar-refractivity contribution in [3.63, 3.8) is 0 Å². The zero-order valence-electron chi connectivity index (χ0n) is 13.5. The molecule has 0 spiro atoms. The lowest BCUT2D eigenvalue weighted by atomic mass is 9.94. The topological polar surface area (TPSA) is 53.6 Å². The van der Waals surface area contributed by atoms with E-state index in [-0.39, 0.29) is 0 Å². The molecule has 0 aromatic heterocycles. The summed E-state index contributed by atoms with van der Waals surface area (Å²) < 4.78 is 0. The van der Waals surface area contributed by atoms with Gasteiger partial charge in [-0.05, 0) is 45.3 Å². The second kappa shape index (κ2) is 6.13. The highest BCUT2D eigenvalue weighted by atomic mass is 15.0. The summed E-state index contributed by atoms with van der Waals surface area (Å²) >= 11 is 0. The maximum Gasteiger partial charge on any atom is 0.109 e. The minimum Gasteiger partial charge on any atom is -0.342 e. The number of nitrogens with zero attached hydrogens (tertiary/aromatic N) is 2. The highest BCUT2D eigenvalue weighted by Gasteiger charge is 2.24. The third kappa shape index (κ3) is 2.86. The predicted molar refractivity (Wildman–Crippen MR) is 92.6 cm³/mol. The maximum atomic E-state index is 4.92. The number of aryl methyl sites for hydroxylation is 1.